The van der Waals surface area contributed by atoms with Crippen LogP contribution in [0.25, 0.3) is 0 Å². The maximum Gasteiger partial charge on any atom is 0.430 e. The highest BCUT2D eigenvalue weighted by Crippen LogP contribution is 2.52. The number of carbonyl (C=O) groups excluding carboxylic acids is 2. The first-order valence-electron chi connectivity index (χ1n) is 9.25. The SMILES string of the molecule is C=CC(=O)Oc1ccccc1OP(=O)(CCCC)Oc1ccccc1OC(=O)C=C. The maximum atomic E-state index is 13.6. The Morgan fingerprint density at radius 1 is 0.833 bits per heavy atom. The molecule has 0 bridgehead atoms. The van der Waals surface area contributed by atoms with Gasteiger partial charge in [-0.25, -0.2) is 14.2 Å². The van der Waals surface area contributed by atoms with Crippen molar-refractivity contribution in [3.63, 3.8) is 0 Å². The van der Waals surface area contributed by atoms with E-state index < -0.39 is 19.5 Å². The Morgan fingerprint density at radius 2 is 1.23 bits per heavy atom. The summed E-state index contributed by atoms with van der Waals surface area (Å²) in [6.45, 7) is 8.64. The quantitative estimate of drug-likeness (QED) is 0.206. The minimum atomic E-state index is -3.77. The average molecular weight is 430 g/mol. The van der Waals surface area contributed by atoms with Crippen LogP contribution in [0.5, 0.6) is 23.0 Å². The predicted molar refractivity (Wildman–Crippen MR) is 113 cm³/mol. The number of carbonyl (C=O) groups is 2. The van der Waals surface area contributed by atoms with E-state index in [-0.39, 0.29) is 29.2 Å². The number of benzene rings is 2. The third kappa shape index (κ3) is 6.64. The fraction of sp³-hybridized carbons (Fsp3) is 0.182. The molecule has 2 aromatic rings. The molecule has 0 aliphatic rings. The van der Waals surface area contributed by atoms with Crippen LogP contribution < -0.4 is 18.5 Å². The highest BCUT2D eigenvalue weighted by molar-refractivity contribution is 7.54. The molecule has 30 heavy (non-hydrogen) atoms. The largest absolute Gasteiger partial charge is 0.430 e. The van der Waals surface area contributed by atoms with Gasteiger partial charge >= 0.3 is 19.5 Å². The Labute approximate surface area is 175 Å². The summed E-state index contributed by atoms with van der Waals surface area (Å²) < 4.78 is 35.3. The monoisotopic (exact) mass is 430 g/mol. The first kappa shape index (κ1) is 23.0. The van der Waals surface area contributed by atoms with E-state index in [0.29, 0.717) is 6.42 Å². The molecular weight excluding hydrogens is 407 g/mol. The minimum Gasteiger partial charge on any atom is -0.419 e. The van der Waals surface area contributed by atoms with Crippen molar-refractivity contribution in [1.29, 1.82) is 0 Å². The molecule has 0 aliphatic carbocycles. The number of hydrogen-bond donors (Lipinski definition) is 0. The Morgan fingerprint density at radius 3 is 1.60 bits per heavy atom. The molecule has 158 valence electrons. The van der Waals surface area contributed by atoms with Crippen LogP contribution >= 0.6 is 7.60 Å². The van der Waals surface area contributed by atoms with Gasteiger partial charge in [0.1, 0.15) is 0 Å². The van der Waals surface area contributed by atoms with Crippen LogP contribution in [0.1, 0.15) is 19.8 Å². The zero-order chi connectivity index (χ0) is 22.0. The van der Waals surface area contributed by atoms with Crippen molar-refractivity contribution in [3.05, 3.63) is 73.8 Å². The summed E-state index contributed by atoms with van der Waals surface area (Å²) in [5, 5.41) is 0. The van der Waals surface area contributed by atoms with Gasteiger partial charge in [0, 0.05) is 12.2 Å². The first-order valence-corrected chi connectivity index (χ1v) is 11.0. The van der Waals surface area contributed by atoms with Crippen LogP contribution in [0, 0.1) is 0 Å². The van der Waals surface area contributed by atoms with Gasteiger partial charge < -0.3 is 18.5 Å². The molecule has 2 rings (SSSR count). The molecule has 0 fully saturated rings. The van der Waals surface area contributed by atoms with Crippen LogP contribution in [0.15, 0.2) is 73.8 Å². The van der Waals surface area contributed by atoms with E-state index in [1.54, 1.807) is 24.3 Å². The highest BCUT2D eigenvalue weighted by atomic mass is 31.2. The normalized spacial score (nSPS) is 10.6. The van der Waals surface area contributed by atoms with E-state index in [9.17, 15) is 14.2 Å². The molecule has 0 saturated carbocycles. The molecule has 8 heteroatoms. The lowest BCUT2D eigenvalue weighted by atomic mass is 10.3. The van der Waals surface area contributed by atoms with Crippen molar-refractivity contribution in [1.82, 2.24) is 0 Å². The van der Waals surface area contributed by atoms with Crippen molar-refractivity contribution in [2.45, 2.75) is 19.8 Å². The number of para-hydroxylation sites is 4. The molecule has 0 heterocycles. The van der Waals surface area contributed by atoms with Crippen molar-refractivity contribution in [3.8, 4) is 23.0 Å². The molecule has 7 nitrogen and oxygen atoms in total. The third-order valence-corrected chi connectivity index (χ3v) is 5.53. The average Bonchev–Trinajstić information content (AvgIpc) is 2.75. The van der Waals surface area contributed by atoms with Crippen LogP contribution in [-0.2, 0) is 14.2 Å². The van der Waals surface area contributed by atoms with E-state index in [1.165, 1.54) is 24.3 Å². The van der Waals surface area contributed by atoms with Crippen LogP contribution in [-0.4, -0.2) is 18.1 Å². The Balaban J connectivity index is 2.35. The van der Waals surface area contributed by atoms with E-state index >= 15 is 0 Å². The maximum absolute atomic E-state index is 13.6. The lowest BCUT2D eigenvalue weighted by molar-refractivity contribution is -0.129. The number of ether oxygens (including phenoxy) is 2. The van der Waals surface area contributed by atoms with Gasteiger partial charge in [-0.3, -0.25) is 0 Å². The van der Waals surface area contributed by atoms with Gasteiger partial charge in [-0.05, 0) is 30.7 Å². The van der Waals surface area contributed by atoms with Gasteiger partial charge in [0.05, 0.1) is 6.16 Å². The Kier molecular flexibility index (Phi) is 8.44. The van der Waals surface area contributed by atoms with Crippen molar-refractivity contribution in [2.24, 2.45) is 0 Å². The van der Waals surface area contributed by atoms with Gasteiger partial charge in [-0.1, -0.05) is 50.8 Å². The van der Waals surface area contributed by atoms with Crippen molar-refractivity contribution in [2.75, 3.05) is 6.16 Å². The fourth-order valence-electron chi connectivity index (χ4n) is 2.28. The fourth-order valence-corrected chi connectivity index (χ4v) is 4.11. The number of esters is 2. The molecule has 0 amide bonds. The molecule has 0 spiro atoms. The molecule has 0 saturated heterocycles. The van der Waals surface area contributed by atoms with Gasteiger partial charge in [0.25, 0.3) is 0 Å². The zero-order valence-corrected chi connectivity index (χ0v) is 17.5. The van der Waals surface area contributed by atoms with Crippen molar-refractivity contribution < 1.29 is 32.7 Å². The first-order chi connectivity index (χ1) is 14.4. The smallest absolute Gasteiger partial charge is 0.419 e. The van der Waals surface area contributed by atoms with E-state index in [0.717, 1.165) is 18.6 Å². The van der Waals surface area contributed by atoms with Crippen LogP contribution in [0.4, 0.5) is 0 Å². The second-order valence-electron chi connectivity index (χ2n) is 6.01. The van der Waals surface area contributed by atoms with Crippen molar-refractivity contribution >= 4 is 19.5 Å². The van der Waals surface area contributed by atoms with E-state index in [1.807, 2.05) is 6.92 Å². The van der Waals surface area contributed by atoms with Gasteiger partial charge in [-0.2, -0.15) is 0 Å². The standard InChI is InChI=1S/C22H23O7P/c1-4-7-16-30(25,28-19-14-10-8-12-17(19)26-21(23)5-2)29-20-15-11-9-13-18(20)27-22(24)6-3/h5-6,8-15H,2-4,7,16H2,1H3. The number of unbranched alkanes of at least 4 members (excludes halogenated alkanes) is 1. The van der Waals surface area contributed by atoms with Crippen LogP contribution in [0.3, 0.4) is 0 Å². The Hall–Kier alpha value is -3.31. The molecule has 0 N–H and O–H groups in total. The van der Waals surface area contributed by atoms with E-state index in [4.69, 9.17) is 18.5 Å². The zero-order valence-electron chi connectivity index (χ0n) is 16.6. The summed E-state index contributed by atoms with van der Waals surface area (Å²) in [6, 6.07) is 12.6. The van der Waals surface area contributed by atoms with E-state index in [2.05, 4.69) is 13.2 Å². The molecule has 0 aromatic heterocycles. The molecule has 0 aliphatic heterocycles. The summed E-state index contributed by atoms with van der Waals surface area (Å²) in [4.78, 5) is 23.2. The number of rotatable bonds is 11. The summed E-state index contributed by atoms with van der Waals surface area (Å²) in [5.41, 5.74) is 0. The summed E-state index contributed by atoms with van der Waals surface area (Å²) >= 11 is 0. The van der Waals surface area contributed by atoms with Crippen LogP contribution in [0.2, 0.25) is 0 Å². The third-order valence-electron chi connectivity index (χ3n) is 3.71. The van der Waals surface area contributed by atoms with Gasteiger partial charge in [0.15, 0.2) is 23.0 Å². The lowest BCUT2D eigenvalue weighted by Gasteiger charge is -2.22. The molecule has 0 radical (unpaired) electrons. The lowest BCUT2D eigenvalue weighted by Crippen LogP contribution is -2.10. The predicted octanol–water partition coefficient (Wildman–Crippen LogP) is 5.32. The molecule has 0 atom stereocenters. The highest BCUT2D eigenvalue weighted by Gasteiger charge is 2.30. The summed E-state index contributed by atoms with van der Waals surface area (Å²) in [5.74, 6) is -1.06. The Bertz CT molecular complexity index is 896. The number of hydrogen-bond acceptors (Lipinski definition) is 7. The summed E-state index contributed by atoms with van der Waals surface area (Å²) in [7, 11) is -3.77. The molecule has 2 aromatic carbocycles. The van der Waals surface area contributed by atoms with Gasteiger partial charge in [-0.15, -0.1) is 0 Å². The topological polar surface area (TPSA) is 88.1 Å². The van der Waals surface area contributed by atoms with Gasteiger partial charge in [0.2, 0.25) is 0 Å². The minimum absolute atomic E-state index is 0.0766. The molecule has 0 unspecified atom stereocenters. The second kappa shape index (κ2) is 11.0. The second-order valence-corrected chi connectivity index (χ2v) is 8.05. The molecular formula is C22H23O7P. The summed E-state index contributed by atoms with van der Waals surface area (Å²) in [6.07, 6.45) is 3.41.